The molecule has 0 aromatic heterocycles. The van der Waals surface area contributed by atoms with E-state index >= 15 is 0 Å². The Balaban J connectivity index is 1.44. The molecule has 576 valence electrons. The minimum atomic E-state index is -1.99. The molecule has 3 aliphatic rings. The van der Waals surface area contributed by atoms with Gasteiger partial charge in [0.1, 0.15) is 73.2 Å². The number of carbonyl (C=O) groups excluding carboxylic acids is 1. The summed E-state index contributed by atoms with van der Waals surface area (Å²) in [7, 11) is 0. The van der Waals surface area contributed by atoms with Gasteiger partial charge in [0.15, 0.2) is 18.9 Å². The Kier molecular flexibility index (Phi) is 54.8. The molecule has 3 heterocycles. The lowest BCUT2D eigenvalue weighted by Crippen LogP contribution is -2.66. The molecule has 17 unspecified atom stereocenters. The third kappa shape index (κ3) is 41.2. The fourth-order valence-electron chi connectivity index (χ4n) is 11.9. The van der Waals surface area contributed by atoms with Crippen LogP contribution in [0, 0.1) is 0 Å². The Hall–Kier alpha value is -4.33. The Morgan fingerprint density at radius 3 is 1.11 bits per heavy atom. The van der Waals surface area contributed by atoms with Crippen molar-refractivity contribution in [3.05, 3.63) is 146 Å². The molecule has 0 bridgehead atoms. The zero-order chi connectivity index (χ0) is 73.2. The fourth-order valence-corrected chi connectivity index (χ4v) is 11.9. The molecule has 17 atom stereocenters. The van der Waals surface area contributed by atoms with E-state index in [1.54, 1.807) is 6.08 Å². The SMILES string of the molecule is CC/C=C\C/C=C\C/C=C\C/C=C\C/C=C\C/C=C\C/C=C\C/C=C\C/C=C\CCCCCC(=O)NC(COC1OC(CO)C(OC2OC(CO)C(OC3OC(CO)C(O)C(O)C3O)C(O)C2O)C(O)C1O)C(O)/C=C/CC/C=C/CC/C=C/CCCCCCCCCCCCCCCCC. The molecule has 1 amide bonds. The van der Waals surface area contributed by atoms with E-state index in [0.29, 0.717) is 12.8 Å². The van der Waals surface area contributed by atoms with Crippen molar-refractivity contribution in [1.82, 2.24) is 5.32 Å². The van der Waals surface area contributed by atoms with Crippen molar-refractivity contribution in [2.24, 2.45) is 0 Å². The van der Waals surface area contributed by atoms with Gasteiger partial charge in [-0.05, 0) is 116 Å². The molecule has 3 aliphatic heterocycles. The summed E-state index contributed by atoms with van der Waals surface area (Å²) in [5, 5.41) is 121. The van der Waals surface area contributed by atoms with Gasteiger partial charge in [-0.15, -0.1) is 0 Å². The number of hydrogen-bond acceptors (Lipinski definition) is 18. The van der Waals surface area contributed by atoms with Crippen molar-refractivity contribution < 1.29 is 89.4 Å². The Bertz CT molecular complexity index is 2400. The molecule has 0 aliphatic carbocycles. The number of ether oxygens (including phenoxy) is 6. The second-order valence-electron chi connectivity index (χ2n) is 26.7. The largest absolute Gasteiger partial charge is 0.394 e. The lowest BCUT2D eigenvalue weighted by atomic mass is 9.96. The first-order chi connectivity index (χ1) is 49.3. The van der Waals surface area contributed by atoms with E-state index in [-0.39, 0.29) is 12.3 Å². The molecule has 19 heteroatoms. The lowest BCUT2D eigenvalue weighted by Gasteiger charge is -2.48. The van der Waals surface area contributed by atoms with Crippen molar-refractivity contribution >= 4 is 5.91 Å². The van der Waals surface area contributed by atoms with Crippen LogP contribution in [0.25, 0.3) is 0 Å². The van der Waals surface area contributed by atoms with Gasteiger partial charge in [0.25, 0.3) is 0 Å². The van der Waals surface area contributed by atoms with Gasteiger partial charge in [-0.1, -0.05) is 256 Å². The molecule has 0 spiro atoms. The standard InChI is InChI=1S/C82H135NO18/c1-3-5-7-9-11-13-15-17-19-21-23-25-27-29-30-31-32-33-34-36-38-40-42-44-46-48-50-52-54-56-58-60-70(88)83-65(66(87)59-57-55-53-51-49-47-45-43-41-39-37-35-28-26-24-22-20-18-16-14-12-10-8-6-4-2)64-96-80-76(94)73(91)78(68(62-85)98-80)101-82-77(95)74(92)79(69(63-86)99-82)100-81-75(93)72(90)71(89)67(61-84)97-81/h5,7,11,13,17,19,23,25,29-30,32-33,36,38,41-44,48-51,57,59,65-69,71-82,84-87,89-95H,3-4,6,8-10,12,14-16,18,20-22,24,26-28,31,34-35,37,39-40,45-47,52-56,58,60-64H2,1-2H3,(H,83,88)/b7-5-,13-11-,19-17-,25-23-,30-29-,33-32-,38-36-,43-41+,44-42-,50-48-,51-49+,59-57+. The third-order valence-electron chi connectivity index (χ3n) is 18.1. The number of aliphatic hydroxyl groups is 11. The number of unbranched alkanes of at least 4 members (excludes halogenated alkanes) is 20. The van der Waals surface area contributed by atoms with E-state index in [1.807, 2.05) is 6.08 Å². The van der Waals surface area contributed by atoms with Crippen LogP contribution in [0.4, 0.5) is 0 Å². The van der Waals surface area contributed by atoms with Crippen LogP contribution in [0.2, 0.25) is 0 Å². The van der Waals surface area contributed by atoms with Gasteiger partial charge in [-0.3, -0.25) is 4.79 Å². The number of rotatable bonds is 58. The smallest absolute Gasteiger partial charge is 0.220 e. The highest BCUT2D eigenvalue weighted by molar-refractivity contribution is 5.76. The minimum Gasteiger partial charge on any atom is -0.394 e. The van der Waals surface area contributed by atoms with Crippen LogP contribution < -0.4 is 5.32 Å². The van der Waals surface area contributed by atoms with E-state index in [0.717, 1.165) is 103 Å². The molecule has 0 radical (unpaired) electrons. The zero-order valence-corrected chi connectivity index (χ0v) is 61.3. The fraction of sp³-hybridized carbons (Fsp3) is 0.695. The van der Waals surface area contributed by atoms with E-state index in [4.69, 9.17) is 28.4 Å². The van der Waals surface area contributed by atoms with Gasteiger partial charge >= 0.3 is 0 Å². The first kappa shape index (κ1) is 90.9. The topological polar surface area (TPSA) is 307 Å². The van der Waals surface area contributed by atoms with E-state index in [9.17, 15) is 61.0 Å². The summed E-state index contributed by atoms with van der Waals surface area (Å²) < 4.78 is 34.4. The summed E-state index contributed by atoms with van der Waals surface area (Å²) in [6, 6.07) is -1.03. The first-order valence-corrected chi connectivity index (χ1v) is 38.6. The van der Waals surface area contributed by atoms with Crippen molar-refractivity contribution in [2.75, 3.05) is 26.4 Å². The molecule has 3 fully saturated rings. The average Bonchev–Trinajstić information content (AvgIpc) is 0.792. The number of hydrogen-bond donors (Lipinski definition) is 12. The molecule has 0 saturated carbocycles. The monoisotopic (exact) mass is 1420 g/mol. The summed E-state index contributed by atoms with van der Waals surface area (Å²) in [5.41, 5.74) is 0. The van der Waals surface area contributed by atoms with Crippen LogP contribution in [0.1, 0.15) is 232 Å². The minimum absolute atomic E-state index is 0.181. The van der Waals surface area contributed by atoms with Crippen LogP contribution in [-0.2, 0) is 33.2 Å². The predicted molar refractivity (Wildman–Crippen MR) is 401 cm³/mol. The normalized spacial score (nSPS) is 27.2. The maximum atomic E-state index is 13.4. The first-order valence-electron chi connectivity index (χ1n) is 38.6. The summed E-state index contributed by atoms with van der Waals surface area (Å²) in [6.45, 7) is 1.56. The molecule has 19 nitrogen and oxygen atoms in total. The summed E-state index contributed by atoms with van der Waals surface area (Å²) in [4.78, 5) is 13.4. The second kappa shape index (κ2) is 60.9. The Morgan fingerprint density at radius 2 is 0.693 bits per heavy atom. The molecule has 101 heavy (non-hydrogen) atoms. The average molecular weight is 1420 g/mol. The summed E-state index contributed by atoms with van der Waals surface area (Å²) in [5.74, 6) is -0.327. The van der Waals surface area contributed by atoms with Crippen molar-refractivity contribution in [1.29, 1.82) is 0 Å². The zero-order valence-electron chi connectivity index (χ0n) is 61.3. The van der Waals surface area contributed by atoms with Gasteiger partial charge in [-0.2, -0.15) is 0 Å². The third-order valence-corrected chi connectivity index (χ3v) is 18.1. The van der Waals surface area contributed by atoms with Gasteiger partial charge in [0, 0.05) is 6.42 Å². The number of nitrogens with one attached hydrogen (secondary N) is 1. The van der Waals surface area contributed by atoms with Crippen LogP contribution in [0.5, 0.6) is 0 Å². The van der Waals surface area contributed by atoms with Crippen molar-refractivity contribution in [3.63, 3.8) is 0 Å². The summed E-state index contributed by atoms with van der Waals surface area (Å²) in [6.07, 6.45) is 61.1. The number of carbonyl (C=O) groups is 1. The summed E-state index contributed by atoms with van der Waals surface area (Å²) >= 11 is 0. The van der Waals surface area contributed by atoms with Gasteiger partial charge in [0.05, 0.1) is 38.6 Å². The molecule has 12 N–H and O–H groups in total. The van der Waals surface area contributed by atoms with Gasteiger partial charge < -0.3 is 89.9 Å². The number of amides is 1. The second-order valence-corrected chi connectivity index (χ2v) is 26.7. The number of allylic oxidation sites excluding steroid dienone is 23. The van der Waals surface area contributed by atoms with Crippen molar-refractivity contribution in [2.45, 2.75) is 336 Å². The Morgan fingerprint density at radius 1 is 0.366 bits per heavy atom. The molecule has 3 rings (SSSR count). The van der Waals surface area contributed by atoms with E-state index in [2.05, 4.69) is 153 Å². The maximum Gasteiger partial charge on any atom is 0.220 e. The molecular formula is C82H135NO18. The van der Waals surface area contributed by atoms with E-state index < -0.39 is 131 Å². The van der Waals surface area contributed by atoms with Gasteiger partial charge in [0.2, 0.25) is 5.91 Å². The van der Waals surface area contributed by atoms with Crippen molar-refractivity contribution in [3.8, 4) is 0 Å². The highest BCUT2D eigenvalue weighted by Crippen LogP contribution is 2.33. The Labute approximate surface area is 606 Å². The molecule has 0 aromatic rings. The quantitative estimate of drug-likeness (QED) is 0.0199. The predicted octanol–water partition coefficient (Wildman–Crippen LogP) is 12.3. The van der Waals surface area contributed by atoms with Crippen LogP contribution in [0.15, 0.2) is 146 Å². The molecule has 0 aromatic carbocycles. The number of aliphatic hydroxyl groups excluding tert-OH is 11. The highest BCUT2D eigenvalue weighted by atomic mass is 16.8. The molecular weight excluding hydrogens is 1290 g/mol. The van der Waals surface area contributed by atoms with Crippen LogP contribution in [-0.4, -0.2) is 193 Å². The van der Waals surface area contributed by atoms with Gasteiger partial charge in [-0.25, -0.2) is 0 Å². The lowest BCUT2D eigenvalue weighted by molar-refractivity contribution is -0.379. The van der Waals surface area contributed by atoms with Crippen LogP contribution in [0.3, 0.4) is 0 Å². The highest BCUT2D eigenvalue weighted by Gasteiger charge is 2.53. The van der Waals surface area contributed by atoms with E-state index in [1.165, 1.54) is 96.3 Å². The molecule has 3 saturated heterocycles. The van der Waals surface area contributed by atoms with Crippen LogP contribution >= 0.6 is 0 Å². The maximum absolute atomic E-state index is 13.4.